The molecule has 0 aromatic carbocycles. The summed E-state index contributed by atoms with van der Waals surface area (Å²) >= 11 is 7.73. The van der Waals surface area contributed by atoms with Crippen LogP contribution >= 0.6 is 22.9 Å². The SMILES string of the molecule is CC1(C)c2ccsc2-c2ccc(Cl)nc21. The minimum absolute atomic E-state index is 0.00440. The predicted octanol–water partition coefficient (Wildman–Crippen LogP) is 4.10. The maximum atomic E-state index is 5.95. The lowest BCUT2D eigenvalue weighted by Gasteiger charge is -2.18. The van der Waals surface area contributed by atoms with Crippen molar-refractivity contribution in [1.82, 2.24) is 4.98 Å². The molecule has 0 saturated heterocycles. The first kappa shape index (κ1) is 9.37. The standard InChI is InChI=1S/C12H10ClNS/c1-12(2)8-5-6-15-10(8)7-3-4-9(13)14-11(7)12/h3-6H,1-2H3. The van der Waals surface area contributed by atoms with Gasteiger partial charge in [-0.1, -0.05) is 25.4 Å². The van der Waals surface area contributed by atoms with Crippen molar-refractivity contribution >= 4 is 22.9 Å². The highest BCUT2D eigenvalue weighted by Gasteiger charge is 2.37. The van der Waals surface area contributed by atoms with Gasteiger partial charge in [-0.2, -0.15) is 0 Å². The number of hydrogen-bond acceptors (Lipinski definition) is 2. The number of halogens is 1. The lowest BCUT2D eigenvalue weighted by atomic mass is 9.86. The second kappa shape index (κ2) is 2.83. The summed E-state index contributed by atoms with van der Waals surface area (Å²) < 4.78 is 0. The average molecular weight is 236 g/mol. The van der Waals surface area contributed by atoms with Gasteiger partial charge in [0, 0.05) is 15.9 Å². The molecule has 2 aromatic rings. The van der Waals surface area contributed by atoms with E-state index in [1.165, 1.54) is 16.0 Å². The first-order chi connectivity index (χ1) is 7.10. The van der Waals surface area contributed by atoms with Crippen LogP contribution in [0.1, 0.15) is 25.1 Å². The van der Waals surface area contributed by atoms with Gasteiger partial charge in [-0.05, 0) is 29.1 Å². The number of thiophene rings is 1. The maximum Gasteiger partial charge on any atom is 0.129 e. The quantitative estimate of drug-likeness (QED) is 0.627. The highest BCUT2D eigenvalue weighted by molar-refractivity contribution is 7.13. The third-order valence-electron chi connectivity index (χ3n) is 3.04. The van der Waals surface area contributed by atoms with Crippen molar-refractivity contribution in [3.8, 4) is 10.4 Å². The Labute approximate surface area is 97.7 Å². The number of hydrogen-bond donors (Lipinski definition) is 0. The molecule has 0 saturated carbocycles. The minimum Gasteiger partial charge on any atom is -0.240 e. The summed E-state index contributed by atoms with van der Waals surface area (Å²) in [7, 11) is 0. The summed E-state index contributed by atoms with van der Waals surface area (Å²) in [4.78, 5) is 5.81. The van der Waals surface area contributed by atoms with Crippen molar-refractivity contribution in [3.63, 3.8) is 0 Å². The van der Waals surface area contributed by atoms with E-state index in [0.29, 0.717) is 5.15 Å². The van der Waals surface area contributed by atoms with Crippen LogP contribution in [0.3, 0.4) is 0 Å². The highest BCUT2D eigenvalue weighted by atomic mass is 35.5. The van der Waals surface area contributed by atoms with Crippen LogP contribution in [-0.4, -0.2) is 4.98 Å². The number of fused-ring (bicyclic) bond motifs is 3. The number of nitrogens with zero attached hydrogens (tertiary/aromatic N) is 1. The van der Waals surface area contributed by atoms with Gasteiger partial charge in [0.25, 0.3) is 0 Å². The van der Waals surface area contributed by atoms with Crippen molar-refractivity contribution in [3.05, 3.63) is 40.0 Å². The van der Waals surface area contributed by atoms with Crippen molar-refractivity contribution in [2.45, 2.75) is 19.3 Å². The van der Waals surface area contributed by atoms with Crippen LogP contribution in [0.2, 0.25) is 5.15 Å². The summed E-state index contributed by atoms with van der Waals surface area (Å²) in [5.41, 5.74) is 3.72. The summed E-state index contributed by atoms with van der Waals surface area (Å²) in [5, 5.41) is 2.72. The van der Waals surface area contributed by atoms with E-state index < -0.39 is 0 Å². The topological polar surface area (TPSA) is 12.9 Å². The van der Waals surface area contributed by atoms with Crippen LogP contribution in [0.4, 0.5) is 0 Å². The van der Waals surface area contributed by atoms with Crippen molar-refractivity contribution < 1.29 is 0 Å². The Morgan fingerprint density at radius 3 is 2.87 bits per heavy atom. The second-order valence-electron chi connectivity index (χ2n) is 4.32. The van der Waals surface area contributed by atoms with E-state index in [1.807, 2.05) is 6.07 Å². The zero-order chi connectivity index (χ0) is 10.6. The Morgan fingerprint density at radius 1 is 1.27 bits per heavy atom. The van der Waals surface area contributed by atoms with Crippen LogP contribution in [0.5, 0.6) is 0 Å². The maximum absolute atomic E-state index is 5.95. The van der Waals surface area contributed by atoms with Crippen molar-refractivity contribution in [2.24, 2.45) is 0 Å². The molecule has 0 amide bonds. The molecule has 0 unspecified atom stereocenters. The minimum atomic E-state index is -0.00440. The van der Waals surface area contributed by atoms with Gasteiger partial charge in [0.05, 0.1) is 5.69 Å². The largest absolute Gasteiger partial charge is 0.240 e. The molecule has 0 atom stereocenters. The van der Waals surface area contributed by atoms with E-state index >= 15 is 0 Å². The molecule has 0 aliphatic heterocycles. The molecule has 0 bridgehead atoms. The van der Waals surface area contributed by atoms with Crippen LogP contribution in [0.25, 0.3) is 10.4 Å². The lowest BCUT2D eigenvalue weighted by molar-refractivity contribution is 0.638. The Hall–Kier alpha value is -0.860. The van der Waals surface area contributed by atoms with E-state index in [9.17, 15) is 0 Å². The van der Waals surface area contributed by atoms with Gasteiger partial charge in [-0.25, -0.2) is 4.98 Å². The van der Waals surface area contributed by atoms with E-state index in [2.05, 4.69) is 36.3 Å². The Bertz CT molecular complexity index is 542. The molecular weight excluding hydrogens is 226 g/mol. The first-order valence-corrected chi connectivity index (χ1v) is 6.12. The van der Waals surface area contributed by atoms with Crippen LogP contribution in [0.15, 0.2) is 23.6 Å². The van der Waals surface area contributed by atoms with E-state index in [1.54, 1.807) is 11.3 Å². The Kier molecular flexibility index (Phi) is 1.77. The van der Waals surface area contributed by atoms with Gasteiger partial charge in [-0.15, -0.1) is 11.3 Å². The molecule has 1 nitrogen and oxygen atoms in total. The molecule has 3 rings (SSSR count). The fourth-order valence-corrected chi connectivity index (χ4v) is 3.46. The number of aromatic nitrogens is 1. The summed E-state index contributed by atoms with van der Waals surface area (Å²) in [6, 6.07) is 6.13. The average Bonchev–Trinajstić information content (AvgIpc) is 2.72. The fourth-order valence-electron chi connectivity index (χ4n) is 2.23. The molecule has 76 valence electrons. The molecule has 1 aliphatic carbocycles. The Morgan fingerprint density at radius 2 is 2.07 bits per heavy atom. The van der Waals surface area contributed by atoms with Gasteiger partial charge in [0.1, 0.15) is 5.15 Å². The normalized spacial score (nSPS) is 16.2. The molecule has 3 heteroatoms. The molecule has 2 aromatic heterocycles. The van der Waals surface area contributed by atoms with Gasteiger partial charge >= 0.3 is 0 Å². The molecule has 0 radical (unpaired) electrons. The smallest absolute Gasteiger partial charge is 0.129 e. The van der Waals surface area contributed by atoms with Gasteiger partial charge in [0.15, 0.2) is 0 Å². The summed E-state index contributed by atoms with van der Waals surface area (Å²) in [6.07, 6.45) is 0. The van der Waals surface area contributed by atoms with Crippen LogP contribution in [0, 0.1) is 0 Å². The zero-order valence-corrected chi connectivity index (χ0v) is 10.1. The third kappa shape index (κ3) is 1.12. The number of pyridine rings is 1. The number of rotatable bonds is 0. The van der Waals surface area contributed by atoms with E-state index in [0.717, 1.165) is 5.69 Å². The van der Waals surface area contributed by atoms with Gasteiger partial charge in [-0.3, -0.25) is 0 Å². The fraction of sp³-hybridized carbons (Fsp3) is 0.250. The zero-order valence-electron chi connectivity index (χ0n) is 8.54. The molecule has 15 heavy (non-hydrogen) atoms. The predicted molar refractivity (Wildman–Crippen MR) is 64.7 cm³/mol. The molecular formula is C12H10ClNS. The van der Waals surface area contributed by atoms with Crippen molar-refractivity contribution in [1.29, 1.82) is 0 Å². The summed E-state index contributed by atoms with van der Waals surface area (Å²) in [6.45, 7) is 4.40. The van der Waals surface area contributed by atoms with Crippen LogP contribution < -0.4 is 0 Å². The second-order valence-corrected chi connectivity index (χ2v) is 5.62. The summed E-state index contributed by atoms with van der Waals surface area (Å²) in [5.74, 6) is 0. The molecule has 0 spiro atoms. The highest BCUT2D eigenvalue weighted by Crippen LogP contribution is 2.50. The van der Waals surface area contributed by atoms with E-state index in [-0.39, 0.29) is 5.41 Å². The molecule has 0 fully saturated rings. The van der Waals surface area contributed by atoms with Crippen LogP contribution in [-0.2, 0) is 5.41 Å². The molecule has 2 heterocycles. The first-order valence-electron chi connectivity index (χ1n) is 4.86. The Balaban J connectivity index is 2.39. The van der Waals surface area contributed by atoms with Crippen molar-refractivity contribution in [2.75, 3.05) is 0 Å². The third-order valence-corrected chi connectivity index (χ3v) is 4.19. The lowest BCUT2D eigenvalue weighted by Crippen LogP contribution is -2.16. The van der Waals surface area contributed by atoms with E-state index in [4.69, 9.17) is 11.6 Å². The molecule has 1 aliphatic rings. The molecule has 0 N–H and O–H groups in total. The van der Waals surface area contributed by atoms with Gasteiger partial charge in [0.2, 0.25) is 0 Å². The monoisotopic (exact) mass is 235 g/mol. The van der Waals surface area contributed by atoms with Gasteiger partial charge < -0.3 is 0 Å².